The first-order chi connectivity index (χ1) is 15.2. The van der Waals surface area contributed by atoms with Crippen LogP contribution in [0, 0.1) is 5.92 Å². The fourth-order valence-electron chi connectivity index (χ4n) is 3.82. The molecule has 0 N–H and O–H groups in total. The second-order valence-electron chi connectivity index (χ2n) is 7.66. The van der Waals surface area contributed by atoms with Crippen molar-refractivity contribution < 1.29 is 9.53 Å². The van der Waals surface area contributed by atoms with Crippen molar-refractivity contribution in [1.82, 2.24) is 24.6 Å². The van der Waals surface area contributed by atoms with Crippen molar-refractivity contribution in [1.29, 1.82) is 0 Å². The first-order valence-corrected chi connectivity index (χ1v) is 11.6. The van der Waals surface area contributed by atoms with Gasteiger partial charge < -0.3 is 9.64 Å². The number of thioether (sulfide) groups is 1. The van der Waals surface area contributed by atoms with Gasteiger partial charge in [-0.25, -0.2) is 0 Å². The lowest BCUT2D eigenvalue weighted by molar-refractivity contribution is -0.130. The van der Waals surface area contributed by atoms with Crippen molar-refractivity contribution in [2.24, 2.45) is 5.92 Å². The highest BCUT2D eigenvalue weighted by molar-refractivity contribution is 7.99. The summed E-state index contributed by atoms with van der Waals surface area (Å²) in [6.45, 7) is 6.38. The smallest absolute Gasteiger partial charge is 0.233 e. The highest BCUT2D eigenvalue weighted by Crippen LogP contribution is 2.32. The molecular formula is C23H27N5O2S. The number of benzene rings is 1. The molecule has 3 aromatic rings. The molecular weight excluding hydrogens is 410 g/mol. The van der Waals surface area contributed by atoms with Gasteiger partial charge in [0, 0.05) is 31.0 Å². The van der Waals surface area contributed by atoms with Crippen molar-refractivity contribution in [2.45, 2.75) is 31.8 Å². The molecule has 7 nitrogen and oxygen atoms in total. The van der Waals surface area contributed by atoms with Gasteiger partial charge in [0.1, 0.15) is 5.75 Å². The van der Waals surface area contributed by atoms with Gasteiger partial charge >= 0.3 is 0 Å². The van der Waals surface area contributed by atoms with Gasteiger partial charge in [0.15, 0.2) is 11.0 Å². The van der Waals surface area contributed by atoms with Crippen molar-refractivity contribution in [2.75, 3.05) is 25.4 Å². The molecule has 1 amide bonds. The van der Waals surface area contributed by atoms with E-state index in [2.05, 4.69) is 22.1 Å². The summed E-state index contributed by atoms with van der Waals surface area (Å²) in [5.41, 5.74) is 1.69. The fraction of sp³-hybridized carbons (Fsp3) is 0.391. The first-order valence-electron chi connectivity index (χ1n) is 10.7. The van der Waals surface area contributed by atoms with Crippen LogP contribution in [-0.2, 0) is 4.79 Å². The fourth-order valence-corrected chi connectivity index (χ4v) is 4.66. The third-order valence-electron chi connectivity index (χ3n) is 5.29. The Bertz CT molecular complexity index is 1020. The van der Waals surface area contributed by atoms with Crippen LogP contribution in [0.5, 0.6) is 5.75 Å². The van der Waals surface area contributed by atoms with Gasteiger partial charge in [0.2, 0.25) is 5.91 Å². The highest BCUT2D eigenvalue weighted by atomic mass is 32.2. The van der Waals surface area contributed by atoms with E-state index in [1.54, 1.807) is 12.4 Å². The Morgan fingerprint density at radius 3 is 2.87 bits per heavy atom. The molecule has 1 saturated heterocycles. The molecule has 0 aliphatic carbocycles. The molecule has 1 aromatic carbocycles. The number of piperidine rings is 1. The summed E-state index contributed by atoms with van der Waals surface area (Å²) >= 11 is 1.41. The van der Waals surface area contributed by atoms with Gasteiger partial charge in [0.05, 0.1) is 18.0 Å². The molecule has 4 rings (SSSR count). The molecule has 0 saturated carbocycles. The van der Waals surface area contributed by atoms with E-state index in [-0.39, 0.29) is 5.91 Å². The number of likely N-dealkylation sites (tertiary alicyclic amines) is 1. The minimum absolute atomic E-state index is 0.145. The first kappa shape index (κ1) is 21.4. The Hall–Kier alpha value is -2.87. The van der Waals surface area contributed by atoms with Gasteiger partial charge in [-0.05, 0) is 49.9 Å². The maximum Gasteiger partial charge on any atom is 0.233 e. The predicted molar refractivity (Wildman–Crippen MR) is 121 cm³/mol. The number of hydrogen-bond acceptors (Lipinski definition) is 6. The number of ether oxygens (including phenoxy) is 1. The van der Waals surface area contributed by atoms with Gasteiger partial charge in [0.25, 0.3) is 0 Å². The average molecular weight is 438 g/mol. The van der Waals surface area contributed by atoms with Crippen LogP contribution in [0.3, 0.4) is 0 Å². The zero-order valence-electron chi connectivity index (χ0n) is 17.9. The summed E-state index contributed by atoms with van der Waals surface area (Å²) in [5, 5.41) is 9.52. The number of pyridine rings is 1. The van der Waals surface area contributed by atoms with Crippen LogP contribution in [0.4, 0.5) is 0 Å². The monoisotopic (exact) mass is 437 g/mol. The summed E-state index contributed by atoms with van der Waals surface area (Å²) in [4.78, 5) is 19.0. The molecule has 0 radical (unpaired) electrons. The molecule has 162 valence electrons. The maximum absolute atomic E-state index is 12.8. The Labute approximate surface area is 186 Å². The van der Waals surface area contributed by atoms with E-state index in [9.17, 15) is 4.79 Å². The largest absolute Gasteiger partial charge is 0.492 e. The summed E-state index contributed by atoms with van der Waals surface area (Å²) in [6, 6.07) is 11.6. The Balaban J connectivity index is 1.65. The van der Waals surface area contributed by atoms with Crippen molar-refractivity contribution in [3.63, 3.8) is 0 Å². The topological polar surface area (TPSA) is 73.1 Å². The number of carbonyl (C=O) groups is 1. The average Bonchev–Trinajstić information content (AvgIpc) is 3.22. The van der Waals surface area contributed by atoms with Crippen LogP contribution in [0.1, 0.15) is 26.7 Å². The molecule has 0 bridgehead atoms. The van der Waals surface area contributed by atoms with Gasteiger partial charge in [-0.2, -0.15) is 0 Å². The van der Waals surface area contributed by atoms with Crippen molar-refractivity contribution in [3.8, 4) is 22.8 Å². The van der Waals surface area contributed by atoms with Crippen molar-refractivity contribution in [3.05, 3.63) is 48.8 Å². The lowest BCUT2D eigenvalue weighted by Gasteiger charge is -2.30. The quantitative estimate of drug-likeness (QED) is 0.519. The van der Waals surface area contributed by atoms with Gasteiger partial charge in [-0.15, -0.1) is 10.2 Å². The molecule has 0 unspecified atom stereocenters. The third kappa shape index (κ3) is 4.90. The number of hydrogen-bond donors (Lipinski definition) is 0. The summed E-state index contributed by atoms with van der Waals surface area (Å²) in [6.07, 6.45) is 5.75. The van der Waals surface area contributed by atoms with E-state index in [1.807, 2.05) is 52.8 Å². The third-order valence-corrected chi connectivity index (χ3v) is 6.21. The molecule has 31 heavy (non-hydrogen) atoms. The zero-order chi connectivity index (χ0) is 21.6. The van der Waals surface area contributed by atoms with E-state index < -0.39 is 0 Å². The standard InChI is InChI=1S/C23H27N5O2S/c1-3-30-20-11-5-4-10-19(20)28-22(18-9-6-12-24-14-18)25-26-23(28)31-16-21(29)27-13-7-8-17(2)15-27/h4-6,9-12,14,17H,3,7-8,13,15-16H2,1-2H3/t17-/m0/s1. The van der Waals surface area contributed by atoms with E-state index in [0.29, 0.717) is 29.3 Å². The number of nitrogens with zero attached hydrogens (tertiary/aromatic N) is 5. The molecule has 0 spiro atoms. The predicted octanol–water partition coefficient (Wildman–Crippen LogP) is 4.08. The second-order valence-corrected chi connectivity index (χ2v) is 8.60. The van der Waals surface area contributed by atoms with Crippen molar-refractivity contribution >= 4 is 17.7 Å². The minimum Gasteiger partial charge on any atom is -0.492 e. The maximum atomic E-state index is 12.8. The number of para-hydroxylation sites is 2. The second kappa shape index (κ2) is 9.96. The van der Waals surface area contributed by atoms with Crippen LogP contribution >= 0.6 is 11.8 Å². The lowest BCUT2D eigenvalue weighted by Crippen LogP contribution is -2.40. The summed E-state index contributed by atoms with van der Waals surface area (Å²) in [7, 11) is 0. The molecule has 2 aromatic heterocycles. The molecule has 3 heterocycles. The zero-order valence-corrected chi connectivity index (χ0v) is 18.7. The molecule has 8 heteroatoms. The van der Waals surface area contributed by atoms with E-state index in [1.165, 1.54) is 18.2 Å². The summed E-state index contributed by atoms with van der Waals surface area (Å²) in [5.74, 6) is 2.44. The molecule has 1 atom stereocenters. The molecule has 1 aliphatic heterocycles. The lowest BCUT2D eigenvalue weighted by atomic mass is 10.0. The Morgan fingerprint density at radius 2 is 2.10 bits per heavy atom. The van der Waals surface area contributed by atoms with E-state index in [0.717, 1.165) is 36.5 Å². The minimum atomic E-state index is 0.145. The normalized spacial score (nSPS) is 16.3. The number of rotatable bonds is 7. The number of carbonyl (C=O) groups excluding carboxylic acids is 1. The number of aromatic nitrogens is 4. The van der Waals surface area contributed by atoms with Gasteiger partial charge in [-0.1, -0.05) is 30.8 Å². The van der Waals surface area contributed by atoms with Crippen LogP contribution in [0.2, 0.25) is 0 Å². The molecule has 1 aliphatic rings. The SMILES string of the molecule is CCOc1ccccc1-n1c(SCC(=O)N2CCC[C@H](C)C2)nnc1-c1cccnc1. The van der Waals surface area contributed by atoms with Crippen LogP contribution < -0.4 is 4.74 Å². The van der Waals surface area contributed by atoms with Crippen LogP contribution in [-0.4, -0.2) is 56.0 Å². The summed E-state index contributed by atoms with van der Waals surface area (Å²) < 4.78 is 7.82. The van der Waals surface area contributed by atoms with E-state index in [4.69, 9.17) is 4.74 Å². The van der Waals surface area contributed by atoms with Gasteiger partial charge in [-0.3, -0.25) is 14.3 Å². The Kier molecular flexibility index (Phi) is 6.86. The van der Waals surface area contributed by atoms with Crippen LogP contribution in [0.15, 0.2) is 53.9 Å². The Morgan fingerprint density at radius 1 is 1.23 bits per heavy atom. The highest BCUT2D eigenvalue weighted by Gasteiger charge is 2.23. The van der Waals surface area contributed by atoms with E-state index >= 15 is 0 Å². The van der Waals surface area contributed by atoms with Crippen LogP contribution in [0.25, 0.3) is 17.1 Å². The number of amides is 1. The molecule has 1 fully saturated rings.